The van der Waals surface area contributed by atoms with Crippen LogP contribution in [-0.2, 0) is 5.41 Å². The van der Waals surface area contributed by atoms with Crippen LogP contribution in [0.4, 0.5) is 4.39 Å². The Morgan fingerprint density at radius 3 is 2.20 bits per heavy atom. The van der Waals surface area contributed by atoms with Crippen molar-refractivity contribution >= 4 is 0 Å². The van der Waals surface area contributed by atoms with Crippen molar-refractivity contribution in [1.29, 1.82) is 0 Å². The highest BCUT2D eigenvalue weighted by Gasteiger charge is 2.18. The molecule has 0 N–H and O–H groups in total. The van der Waals surface area contributed by atoms with Gasteiger partial charge in [0.2, 0.25) is 0 Å². The van der Waals surface area contributed by atoms with E-state index >= 15 is 0 Å². The zero-order chi connectivity index (χ0) is 14.9. The van der Waals surface area contributed by atoms with Gasteiger partial charge in [0.25, 0.3) is 0 Å². The molecule has 0 aliphatic rings. The molecule has 0 amide bonds. The Hall–Kier alpha value is -1.63. The number of hydrogen-bond donors (Lipinski definition) is 0. The van der Waals surface area contributed by atoms with Crippen LogP contribution in [0.1, 0.15) is 51.7 Å². The molecule has 0 aromatic heterocycles. The summed E-state index contributed by atoms with van der Waals surface area (Å²) in [6, 6.07) is 13.7. The zero-order valence-corrected chi connectivity index (χ0v) is 13.0. The summed E-state index contributed by atoms with van der Waals surface area (Å²) in [7, 11) is 0. The fourth-order valence-corrected chi connectivity index (χ4v) is 2.49. The molecule has 2 aromatic rings. The average molecular weight is 270 g/mol. The summed E-state index contributed by atoms with van der Waals surface area (Å²) in [5, 5.41) is 0. The monoisotopic (exact) mass is 270 g/mol. The van der Waals surface area contributed by atoms with E-state index in [-0.39, 0.29) is 11.2 Å². The van der Waals surface area contributed by atoms with E-state index in [9.17, 15) is 4.39 Å². The maximum atomic E-state index is 13.9. The molecule has 0 saturated heterocycles. The summed E-state index contributed by atoms with van der Waals surface area (Å²) >= 11 is 0. The second kappa shape index (κ2) is 5.40. The molecule has 0 spiro atoms. The molecule has 0 atom stereocenters. The summed E-state index contributed by atoms with van der Waals surface area (Å²) in [6.45, 7) is 10.7. The quantitative estimate of drug-likeness (QED) is 0.636. The predicted molar refractivity (Wildman–Crippen MR) is 84.6 cm³/mol. The Balaban J connectivity index is 2.63. The third-order valence-electron chi connectivity index (χ3n) is 3.63. The van der Waals surface area contributed by atoms with Gasteiger partial charge in [-0.25, -0.2) is 4.39 Å². The molecule has 2 rings (SSSR count). The first kappa shape index (κ1) is 14.8. The molecular formula is C19H23F. The van der Waals surface area contributed by atoms with Crippen LogP contribution in [-0.4, -0.2) is 0 Å². The van der Waals surface area contributed by atoms with E-state index in [2.05, 4.69) is 52.8 Å². The van der Waals surface area contributed by atoms with Crippen LogP contribution in [0.5, 0.6) is 0 Å². The Morgan fingerprint density at radius 2 is 1.60 bits per heavy atom. The van der Waals surface area contributed by atoms with Crippen molar-refractivity contribution in [2.24, 2.45) is 0 Å². The average Bonchev–Trinajstić information content (AvgIpc) is 2.37. The Labute approximate surface area is 121 Å². The predicted octanol–water partition coefficient (Wildman–Crippen LogP) is 5.91. The molecule has 0 heterocycles. The van der Waals surface area contributed by atoms with Crippen molar-refractivity contribution in [2.75, 3.05) is 0 Å². The Kier molecular flexibility index (Phi) is 3.99. The Bertz CT molecular complexity index is 603. The van der Waals surface area contributed by atoms with Crippen LogP contribution in [0.25, 0.3) is 11.1 Å². The molecule has 0 bridgehead atoms. The second-order valence-corrected chi connectivity index (χ2v) is 6.72. The summed E-state index contributed by atoms with van der Waals surface area (Å²) in [6.07, 6.45) is 0. The van der Waals surface area contributed by atoms with Crippen molar-refractivity contribution < 1.29 is 4.39 Å². The number of halogens is 1. The van der Waals surface area contributed by atoms with Crippen LogP contribution < -0.4 is 0 Å². The first-order valence-electron chi connectivity index (χ1n) is 7.19. The Morgan fingerprint density at radius 1 is 0.950 bits per heavy atom. The first-order valence-corrected chi connectivity index (χ1v) is 7.19. The molecule has 1 heteroatoms. The standard InChI is InChI=1S/C19H23F/c1-13(2)14-10-15(12-16(20)11-14)17-8-6-7-9-18(17)19(3,4)5/h6-13H,1-5H3. The van der Waals surface area contributed by atoms with Gasteiger partial charge in [-0.3, -0.25) is 0 Å². The van der Waals surface area contributed by atoms with Gasteiger partial charge in [0, 0.05) is 0 Å². The van der Waals surface area contributed by atoms with E-state index < -0.39 is 0 Å². The largest absolute Gasteiger partial charge is 0.207 e. The number of benzene rings is 2. The lowest BCUT2D eigenvalue weighted by molar-refractivity contribution is 0.591. The SMILES string of the molecule is CC(C)c1cc(F)cc(-c2ccccc2C(C)(C)C)c1. The minimum atomic E-state index is -0.157. The molecule has 20 heavy (non-hydrogen) atoms. The molecule has 0 saturated carbocycles. The second-order valence-electron chi connectivity index (χ2n) is 6.72. The van der Waals surface area contributed by atoms with Gasteiger partial charge in [-0.05, 0) is 45.7 Å². The van der Waals surface area contributed by atoms with Gasteiger partial charge in [-0.15, -0.1) is 0 Å². The number of hydrogen-bond acceptors (Lipinski definition) is 0. The lowest BCUT2D eigenvalue weighted by atomic mass is 9.81. The lowest BCUT2D eigenvalue weighted by Gasteiger charge is -2.23. The normalized spacial score (nSPS) is 11.9. The molecule has 0 unspecified atom stereocenters. The minimum Gasteiger partial charge on any atom is -0.207 e. The van der Waals surface area contributed by atoms with Gasteiger partial charge in [0.1, 0.15) is 5.82 Å². The van der Waals surface area contributed by atoms with Crippen molar-refractivity contribution in [3.8, 4) is 11.1 Å². The van der Waals surface area contributed by atoms with Gasteiger partial charge in [-0.2, -0.15) is 0 Å². The van der Waals surface area contributed by atoms with Gasteiger partial charge in [-0.1, -0.05) is 65.0 Å². The lowest BCUT2D eigenvalue weighted by Crippen LogP contribution is -2.12. The molecule has 2 aromatic carbocycles. The van der Waals surface area contributed by atoms with E-state index in [1.54, 1.807) is 12.1 Å². The van der Waals surface area contributed by atoms with Gasteiger partial charge in [0.15, 0.2) is 0 Å². The van der Waals surface area contributed by atoms with Crippen LogP contribution in [0.15, 0.2) is 42.5 Å². The summed E-state index contributed by atoms with van der Waals surface area (Å²) in [5.74, 6) is 0.168. The van der Waals surface area contributed by atoms with Gasteiger partial charge >= 0.3 is 0 Å². The minimum absolute atomic E-state index is 0.0426. The van der Waals surface area contributed by atoms with Crippen LogP contribution >= 0.6 is 0 Å². The molecule has 106 valence electrons. The first-order chi connectivity index (χ1) is 9.29. The summed E-state index contributed by atoms with van der Waals surface area (Å²) in [4.78, 5) is 0. The van der Waals surface area contributed by atoms with Crippen LogP contribution in [0, 0.1) is 5.82 Å². The molecule has 0 aliphatic carbocycles. The molecule has 0 aliphatic heterocycles. The summed E-state index contributed by atoms with van der Waals surface area (Å²) in [5.41, 5.74) is 4.44. The van der Waals surface area contributed by atoms with Gasteiger partial charge < -0.3 is 0 Å². The highest BCUT2D eigenvalue weighted by molar-refractivity contribution is 5.69. The van der Waals surface area contributed by atoms with Crippen LogP contribution in [0.3, 0.4) is 0 Å². The molecule has 0 nitrogen and oxygen atoms in total. The van der Waals surface area contributed by atoms with Crippen molar-refractivity contribution in [3.63, 3.8) is 0 Å². The third kappa shape index (κ3) is 3.09. The van der Waals surface area contributed by atoms with E-state index in [4.69, 9.17) is 0 Å². The highest BCUT2D eigenvalue weighted by atomic mass is 19.1. The molecule has 0 fully saturated rings. The summed E-state index contributed by atoms with van der Waals surface area (Å²) < 4.78 is 13.9. The van der Waals surface area contributed by atoms with Crippen LogP contribution in [0.2, 0.25) is 0 Å². The van der Waals surface area contributed by atoms with E-state index in [0.29, 0.717) is 5.92 Å². The zero-order valence-electron chi connectivity index (χ0n) is 13.0. The molecular weight excluding hydrogens is 247 g/mol. The van der Waals surface area contributed by atoms with Crippen molar-refractivity contribution in [2.45, 2.75) is 46.0 Å². The van der Waals surface area contributed by atoms with E-state index in [1.165, 1.54) is 5.56 Å². The topological polar surface area (TPSA) is 0 Å². The van der Waals surface area contributed by atoms with E-state index in [0.717, 1.165) is 16.7 Å². The fraction of sp³-hybridized carbons (Fsp3) is 0.368. The maximum absolute atomic E-state index is 13.9. The fourth-order valence-electron chi connectivity index (χ4n) is 2.49. The van der Waals surface area contributed by atoms with E-state index in [1.807, 2.05) is 12.1 Å². The molecule has 0 radical (unpaired) electrons. The van der Waals surface area contributed by atoms with Crippen molar-refractivity contribution in [3.05, 3.63) is 59.4 Å². The number of rotatable bonds is 2. The maximum Gasteiger partial charge on any atom is 0.124 e. The van der Waals surface area contributed by atoms with Gasteiger partial charge in [0.05, 0.1) is 0 Å². The highest BCUT2D eigenvalue weighted by Crippen LogP contribution is 2.34. The van der Waals surface area contributed by atoms with Crippen molar-refractivity contribution in [1.82, 2.24) is 0 Å². The third-order valence-corrected chi connectivity index (χ3v) is 3.63. The smallest absolute Gasteiger partial charge is 0.124 e.